The molecule has 5 heteroatoms. The molecule has 0 fully saturated rings. The molecule has 0 N–H and O–H groups in total. The first-order chi connectivity index (χ1) is 12.1. The van der Waals surface area contributed by atoms with Gasteiger partial charge >= 0.3 is 5.97 Å². The highest BCUT2D eigenvalue weighted by atomic mass is 19.3. The number of hydrogen-bond acceptors (Lipinski definition) is 3. The first-order valence-electron chi connectivity index (χ1n) is 8.45. The number of benzene rings is 2. The van der Waals surface area contributed by atoms with Gasteiger partial charge in [0.1, 0.15) is 11.4 Å². The van der Waals surface area contributed by atoms with Gasteiger partial charge in [-0.05, 0) is 44.0 Å². The molecule has 0 unspecified atom stereocenters. The largest absolute Gasteiger partial charge is 0.497 e. The van der Waals surface area contributed by atoms with E-state index in [1.165, 1.54) is 12.1 Å². The SMILES string of the molecule is COc1ccc(-c2ccc(C(F)(F)CCC(=O)OC(C)(C)C)cc2)cc1. The molecule has 26 heavy (non-hydrogen) atoms. The minimum atomic E-state index is -3.09. The molecule has 0 bridgehead atoms. The normalized spacial score (nSPS) is 11.9. The number of alkyl halides is 2. The zero-order chi connectivity index (χ0) is 19.4. The van der Waals surface area contributed by atoms with Gasteiger partial charge in [-0.25, -0.2) is 8.78 Å². The van der Waals surface area contributed by atoms with Crippen molar-refractivity contribution in [1.82, 2.24) is 0 Å². The lowest BCUT2D eigenvalue weighted by molar-refractivity contribution is -0.157. The maximum atomic E-state index is 14.4. The van der Waals surface area contributed by atoms with Gasteiger partial charge < -0.3 is 9.47 Å². The summed E-state index contributed by atoms with van der Waals surface area (Å²) in [5.41, 5.74) is 0.957. The monoisotopic (exact) mass is 362 g/mol. The Morgan fingerprint density at radius 3 is 1.88 bits per heavy atom. The van der Waals surface area contributed by atoms with Gasteiger partial charge in [0.25, 0.3) is 5.92 Å². The highest BCUT2D eigenvalue weighted by Gasteiger charge is 2.32. The Labute approximate surface area is 152 Å². The summed E-state index contributed by atoms with van der Waals surface area (Å²) in [5.74, 6) is -2.97. The quantitative estimate of drug-likeness (QED) is 0.630. The lowest BCUT2D eigenvalue weighted by Crippen LogP contribution is -2.25. The molecular weight excluding hydrogens is 338 g/mol. The average molecular weight is 362 g/mol. The van der Waals surface area contributed by atoms with Crippen LogP contribution in [0.15, 0.2) is 48.5 Å². The third-order valence-corrected chi connectivity index (χ3v) is 3.79. The highest BCUT2D eigenvalue weighted by molar-refractivity contribution is 5.70. The van der Waals surface area contributed by atoms with Gasteiger partial charge in [-0.1, -0.05) is 36.4 Å². The molecule has 0 saturated carbocycles. The van der Waals surface area contributed by atoms with Gasteiger partial charge in [0.15, 0.2) is 0 Å². The second kappa shape index (κ2) is 7.85. The number of esters is 1. The Morgan fingerprint density at radius 2 is 1.42 bits per heavy atom. The molecule has 2 rings (SSSR count). The van der Waals surface area contributed by atoms with Crippen LogP contribution in [0, 0.1) is 0 Å². The van der Waals surface area contributed by atoms with E-state index in [0.717, 1.165) is 16.9 Å². The third-order valence-electron chi connectivity index (χ3n) is 3.79. The second-order valence-electron chi connectivity index (χ2n) is 7.10. The van der Waals surface area contributed by atoms with Crippen LogP contribution in [0.2, 0.25) is 0 Å². The summed E-state index contributed by atoms with van der Waals surface area (Å²) >= 11 is 0. The number of ether oxygens (including phenoxy) is 2. The Morgan fingerprint density at radius 1 is 0.923 bits per heavy atom. The van der Waals surface area contributed by atoms with Crippen molar-refractivity contribution in [2.45, 2.75) is 45.1 Å². The van der Waals surface area contributed by atoms with Crippen molar-refractivity contribution < 1.29 is 23.0 Å². The molecule has 3 nitrogen and oxygen atoms in total. The first kappa shape index (κ1) is 19.9. The van der Waals surface area contributed by atoms with Gasteiger partial charge in [-0.2, -0.15) is 0 Å². The number of rotatable bonds is 6. The van der Waals surface area contributed by atoms with E-state index < -0.39 is 23.9 Å². The van der Waals surface area contributed by atoms with Crippen LogP contribution in [0.3, 0.4) is 0 Å². The van der Waals surface area contributed by atoms with E-state index in [2.05, 4.69) is 0 Å². The molecule has 0 atom stereocenters. The first-order valence-corrected chi connectivity index (χ1v) is 8.45. The van der Waals surface area contributed by atoms with Crippen LogP contribution in [-0.4, -0.2) is 18.7 Å². The van der Waals surface area contributed by atoms with Gasteiger partial charge in [-0.3, -0.25) is 4.79 Å². The summed E-state index contributed by atoms with van der Waals surface area (Å²) in [4.78, 5) is 11.7. The molecule has 0 aliphatic rings. The summed E-state index contributed by atoms with van der Waals surface area (Å²) in [6.07, 6.45) is -0.908. The van der Waals surface area contributed by atoms with Gasteiger partial charge in [0.2, 0.25) is 0 Å². The molecule has 140 valence electrons. The van der Waals surface area contributed by atoms with Crippen LogP contribution in [0.1, 0.15) is 39.2 Å². The van der Waals surface area contributed by atoms with E-state index in [0.29, 0.717) is 0 Å². The van der Waals surface area contributed by atoms with Crippen molar-refractivity contribution in [1.29, 1.82) is 0 Å². The van der Waals surface area contributed by atoms with Crippen molar-refractivity contribution in [3.8, 4) is 16.9 Å². The molecule has 0 amide bonds. The van der Waals surface area contributed by atoms with Crippen LogP contribution >= 0.6 is 0 Å². The van der Waals surface area contributed by atoms with Crippen LogP contribution in [0.5, 0.6) is 5.75 Å². The summed E-state index contributed by atoms with van der Waals surface area (Å²) in [7, 11) is 1.59. The number of methoxy groups -OCH3 is 1. The van der Waals surface area contributed by atoms with E-state index in [1.807, 2.05) is 24.3 Å². The molecule has 0 saturated heterocycles. The summed E-state index contributed by atoms with van der Waals surface area (Å²) < 4.78 is 38.9. The fourth-order valence-corrected chi connectivity index (χ4v) is 2.49. The summed E-state index contributed by atoms with van der Waals surface area (Å²) in [5, 5.41) is 0. The molecule has 0 heterocycles. The maximum absolute atomic E-state index is 14.4. The standard InChI is InChI=1S/C21H24F2O3/c1-20(2,3)26-19(24)13-14-21(22,23)17-9-5-15(6-10-17)16-7-11-18(25-4)12-8-16/h5-12H,13-14H2,1-4H3. The number of halogens is 2. The fourth-order valence-electron chi connectivity index (χ4n) is 2.49. The topological polar surface area (TPSA) is 35.5 Å². The molecule has 0 aliphatic heterocycles. The van der Waals surface area contributed by atoms with Crippen molar-refractivity contribution in [3.63, 3.8) is 0 Å². The molecule has 0 aliphatic carbocycles. The van der Waals surface area contributed by atoms with Crippen LogP contribution in [0.25, 0.3) is 11.1 Å². The molecular formula is C21H24F2O3. The maximum Gasteiger partial charge on any atom is 0.306 e. The van der Waals surface area contributed by atoms with Crippen molar-refractivity contribution in [2.24, 2.45) is 0 Å². The summed E-state index contributed by atoms with van der Waals surface area (Å²) in [6.45, 7) is 5.13. The smallest absolute Gasteiger partial charge is 0.306 e. The molecule has 2 aromatic rings. The highest BCUT2D eigenvalue weighted by Crippen LogP contribution is 2.34. The van der Waals surface area contributed by atoms with E-state index in [4.69, 9.17) is 9.47 Å². The Kier molecular flexibility index (Phi) is 6.01. The Balaban J connectivity index is 2.04. The minimum absolute atomic E-state index is 0.113. The predicted octanol–water partition coefficient (Wildman–Crippen LogP) is 5.58. The minimum Gasteiger partial charge on any atom is -0.497 e. The fraction of sp³-hybridized carbons (Fsp3) is 0.381. The van der Waals surface area contributed by atoms with Crippen LogP contribution in [-0.2, 0) is 15.5 Å². The molecule has 0 radical (unpaired) electrons. The molecule has 0 aromatic heterocycles. The Bertz CT molecular complexity index is 729. The Hall–Kier alpha value is -2.43. The predicted molar refractivity (Wildman–Crippen MR) is 97.4 cm³/mol. The molecule has 0 spiro atoms. The van der Waals surface area contributed by atoms with E-state index in [-0.39, 0.29) is 12.0 Å². The van der Waals surface area contributed by atoms with E-state index in [1.54, 1.807) is 40.0 Å². The third kappa shape index (κ3) is 5.55. The number of hydrogen-bond donors (Lipinski definition) is 0. The summed E-state index contributed by atoms with van der Waals surface area (Å²) in [6, 6.07) is 13.5. The van der Waals surface area contributed by atoms with Crippen molar-refractivity contribution in [2.75, 3.05) is 7.11 Å². The van der Waals surface area contributed by atoms with Gasteiger partial charge in [-0.15, -0.1) is 0 Å². The lowest BCUT2D eigenvalue weighted by Gasteiger charge is -2.21. The van der Waals surface area contributed by atoms with Crippen molar-refractivity contribution in [3.05, 3.63) is 54.1 Å². The van der Waals surface area contributed by atoms with Crippen molar-refractivity contribution >= 4 is 5.97 Å². The van der Waals surface area contributed by atoms with E-state index >= 15 is 0 Å². The average Bonchev–Trinajstić information content (AvgIpc) is 2.59. The van der Waals surface area contributed by atoms with E-state index in [9.17, 15) is 13.6 Å². The number of carbonyl (C=O) groups excluding carboxylic acids is 1. The zero-order valence-corrected chi connectivity index (χ0v) is 15.5. The molecule has 2 aromatic carbocycles. The zero-order valence-electron chi connectivity index (χ0n) is 15.5. The van der Waals surface area contributed by atoms with Gasteiger partial charge in [0.05, 0.1) is 13.5 Å². The number of carbonyl (C=O) groups is 1. The van der Waals surface area contributed by atoms with Crippen LogP contribution < -0.4 is 4.74 Å². The van der Waals surface area contributed by atoms with Crippen LogP contribution in [0.4, 0.5) is 8.78 Å². The lowest BCUT2D eigenvalue weighted by atomic mass is 9.99. The second-order valence-corrected chi connectivity index (χ2v) is 7.10. The van der Waals surface area contributed by atoms with Gasteiger partial charge in [0, 0.05) is 12.0 Å².